The lowest BCUT2D eigenvalue weighted by Crippen LogP contribution is -2.40. The summed E-state index contributed by atoms with van der Waals surface area (Å²) in [6.07, 6.45) is 0.791. The Morgan fingerprint density at radius 2 is 1.53 bits per heavy atom. The van der Waals surface area contributed by atoms with Gasteiger partial charge < -0.3 is 10.1 Å². The van der Waals surface area contributed by atoms with Crippen molar-refractivity contribution in [2.45, 2.75) is 24.7 Å². The van der Waals surface area contributed by atoms with E-state index >= 15 is 0 Å². The second-order valence-corrected chi connectivity index (χ2v) is 10.9. The number of piperidine rings is 1. The van der Waals surface area contributed by atoms with Gasteiger partial charge >= 0.3 is 5.97 Å². The number of sulfonamides is 1. The van der Waals surface area contributed by atoms with Crippen LogP contribution in [0.3, 0.4) is 0 Å². The lowest BCUT2D eigenvalue weighted by molar-refractivity contribution is -0.149. The molecule has 0 aromatic heterocycles. The Morgan fingerprint density at radius 3 is 2.24 bits per heavy atom. The van der Waals surface area contributed by atoms with Gasteiger partial charge in [-0.1, -0.05) is 54.6 Å². The molecule has 0 saturated carbocycles. The average Bonchev–Trinajstić information content (AvgIpc) is 2.96. The Labute approximate surface area is 222 Å². The Hall–Kier alpha value is -3.82. The minimum absolute atomic E-state index is 0.0355. The second kappa shape index (κ2) is 12.1. The molecule has 8 nitrogen and oxygen atoms in total. The number of carbonyl (C=O) groups excluding carboxylic acids is 3. The van der Waals surface area contributed by atoms with Gasteiger partial charge in [0.25, 0.3) is 0 Å². The molecule has 1 heterocycles. The molecule has 9 heteroatoms. The summed E-state index contributed by atoms with van der Waals surface area (Å²) < 4.78 is 32.8. The third-order valence-electron chi connectivity index (χ3n) is 6.48. The van der Waals surface area contributed by atoms with E-state index in [0.29, 0.717) is 36.3 Å². The first kappa shape index (κ1) is 27.2. The molecule has 0 spiro atoms. The summed E-state index contributed by atoms with van der Waals surface area (Å²) in [6.45, 7) is 2.39. The smallest absolute Gasteiger partial charge is 0.309 e. The van der Waals surface area contributed by atoms with E-state index < -0.39 is 10.0 Å². The topological polar surface area (TPSA) is 110 Å². The van der Waals surface area contributed by atoms with Crippen molar-refractivity contribution in [1.29, 1.82) is 0 Å². The van der Waals surface area contributed by atoms with Gasteiger partial charge in [-0.2, -0.15) is 4.31 Å². The van der Waals surface area contributed by atoms with Crippen LogP contribution < -0.4 is 5.32 Å². The standard InChI is InChI=1S/C29H30N2O6S/c1-2-37-29(34)22-14-16-31(17-15-22)38(35,36)26-13-7-10-23(19-26)27(32)20-30-25-12-6-11-24(18-25)28(33)21-8-4-3-5-9-21/h3-13,18-19,22,30H,2,14-17,20H2,1H3. The predicted octanol–water partition coefficient (Wildman–Crippen LogP) is 4.18. The number of nitrogens with zero attached hydrogens (tertiary/aromatic N) is 1. The van der Waals surface area contributed by atoms with Gasteiger partial charge in [-0.15, -0.1) is 0 Å². The van der Waals surface area contributed by atoms with Gasteiger partial charge in [0.05, 0.1) is 24.0 Å². The average molecular weight is 535 g/mol. The molecule has 0 atom stereocenters. The maximum absolute atomic E-state index is 13.2. The fraction of sp³-hybridized carbons (Fsp3) is 0.276. The lowest BCUT2D eigenvalue weighted by atomic mass is 9.98. The van der Waals surface area contributed by atoms with Crippen molar-refractivity contribution in [2.24, 2.45) is 5.92 Å². The molecule has 1 N–H and O–H groups in total. The zero-order valence-electron chi connectivity index (χ0n) is 21.1. The molecule has 0 amide bonds. The van der Waals surface area contributed by atoms with Gasteiger partial charge in [0.1, 0.15) is 0 Å². The van der Waals surface area contributed by atoms with Gasteiger partial charge in [-0.3, -0.25) is 14.4 Å². The number of ether oxygens (including phenoxy) is 1. The third kappa shape index (κ3) is 6.35. The number of hydrogen-bond donors (Lipinski definition) is 1. The van der Waals surface area contributed by atoms with E-state index in [2.05, 4.69) is 5.32 Å². The zero-order chi connectivity index (χ0) is 27.1. The Kier molecular flexibility index (Phi) is 8.70. The number of nitrogens with one attached hydrogen (secondary N) is 1. The highest BCUT2D eigenvalue weighted by Gasteiger charge is 2.33. The molecule has 198 valence electrons. The molecule has 0 bridgehead atoms. The summed E-state index contributed by atoms with van der Waals surface area (Å²) in [5.74, 6) is -1.01. The Balaban J connectivity index is 1.39. The summed E-state index contributed by atoms with van der Waals surface area (Å²) in [4.78, 5) is 37.6. The highest BCUT2D eigenvalue weighted by Crippen LogP contribution is 2.25. The van der Waals surface area contributed by atoms with Crippen molar-refractivity contribution in [3.8, 4) is 0 Å². The quantitative estimate of drug-likeness (QED) is 0.307. The van der Waals surface area contributed by atoms with Crippen molar-refractivity contribution in [1.82, 2.24) is 4.31 Å². The summed E-state index contributed by atoms with van der Waals surface area (Å²) in [5, 5.41) is 3.03. The molecule has 0 unspecified atom stereocenters. The van der Waals surface area contributed by atoms with Crippen LogP contribution in [0.4, 0.5) is 5.69 Å². The maximum atomic E-state index is 13.2. The molecule has 38 heavy (non-hydrogen) atoms. The number of esters is 1. The first-order valence-electron chi connectivity index (χ1n) is 12.5. The molecule has 1 aliphatic heterocycles. The van der Waals surface area contributed by atoms with Crippen molar-refractivity contribution in [3.63, 3.8) is 0 Å². The molecule has 1 aliphatic rings. The van der Waals surface area contributed by atoms with E-state index in [4.69, 9.17) is 4.74 Å². The third-order valence-corrected chi connectivity index (χ3v) is 8.38. The number of rotatable bonds is 10. The van der Waals surface area contributed by atoms with Gasteiger partial charge in [0, 0.05) is 35.5 Å². The van der Waals surface area contributed by atoms with Crippen LogP contribution in [0.5, 0.6) is 0 Å². The summed E-state index contributed by atoms with van der Waals surface area (Å²) in [7, 11) is -3.82. The van der Waals surface area contributed by atoms with Crippen LogP contribution in [0.15, 0.2) is 83.8 Å². The minimum atomic E-state index is -3.82. The predicted molar refractivity (Wildman–Crippen MR) is 144 cm³/mol. The summed E-state index contributed by atoms with van der Waals surface area (Å²) in [6, 6.07) is 21.8. The van der Waals surface area contributed by atoms with Gasteiger partial charge in [-0.25, -0.2) is 8.42 Å². The van der Waals surface area contributed by atoms with Crippen LogP contribution in [-0.4, -0.2) is 56.5 Å². The van der Waals surface area contributed by atoms with E-state index in [1.54, 1.807) is 67.6 Å². The first-order chi connectivity index (χ1) is 18.3. The zero-order valence-corrected chi connectivity index (χ0v) is 21.9. The molecular formula is C29H30N2O6S. The van der Waals surface area contributed by atoms with Crippen molar-refractivity contribution >= 4 is 33.2 Å². The molecule has 4 rings (SSSR count). The van der Waals surface area contributed by atoms with Gasteiger partial charge in [0.15, 0.2) is 11.6 Å². The fourth-order valence-corrected chi connectivity index (χ4v) is 5.90. The van der Waals surface area contributed by atoms with Crippen LogP contribution in [0.2, 0.25) is 0 Å². The van der Waals surface area contributed by atoms with Gasteiger partial charge in [-0.05, 0) is 44.0 Å². The van der Waals surface area contributed by atoms with E-state index in [9.17, 15) is 22.8 Å². The molecule has 1 saturated heterocycles. The van der Waals surface area contributed by atoms with Crippen molar-refractivity contribution in [3.05, 3.63) is 95.6 Å². The molecular weight excluding hydrogens is 504 g/mol. The highest BCUT2D eigenvalue weighted by molar-refractivity contribution is 7.89. The number of ketones is 2. The largest absolute Gasteiger partial charge is 0.466 e. The number of benzene rings is 3. The first-order valence-corrected chi connectivity index (χ1v) is 14.0. The molecule has 3 aromatic carbocycles. The number of hydrogen-bond acceptors (Lipinski definition) is 7. The Bertz CT molecular complexity index is 1410. The monoisotopic (exact) mass is 534 g/mol. The summed E-state index contributed by atoms with van der Waals surface area (Å²) >= 11 is 0. The minimum Gasteiger partial charge on any atom is -0.466 e. The number of anilines is 1. The second-order valence-electron chi connectivity index (χ2n) is 9.01. The highest BCUT2D eigenvalue weighted by atomic mass is 32.2. The van der Waals surface area contributed by atoms with E-state index in [1.807, 2.05) is 6.07 Å². The van der Waals surface area contributed by atoms with Crippen molar-refractivity contribution in [2.75, 3.05) is 31.6 Å². The molecule has 0 aliphatic carbocycles. The lowest BCUT2D eigenvalue weighted by Gasteiger charge is -2.30. The maximum Gasteiger partial charge on any atom is 0.309 e. The normalized spacial score (nSPS) is 14.6. The number of Topliss-reactive ketones (excluding diaryl/α,β-unsaturated/α-hetero) is 1. The van der Waals surface area contributed by atoms with E-state index in [0.717, 1.165) is 0 Å². The molecule has 1 fully saturated rings. The van der Waals surface area contributed by atoms with Crippen molar-refractivity contribution < 1.29 is 27.5 Å². The Morgan fingerprint density at radius 1 is 0.868 bits per heavy atom. The SMILES string of the molecule is CCOC(=O)C1CCN(S(=O)(=O)c2cccc(C(=O)CNc3cccc(C(=O)c4ccccc4)c3)c2)CC1. The summed E-state index contributed by atoms with van der Waals surface area (Å²) in [5.41, 5.74) is 1.93. The van der Waals surface area contributed by atoms with Crippen LogP contribution >= 0.6 is 0 Å². The van der Waals surface area contributed by atoms with Crippen LogP contribution in [0.1, 0.15) is 46.0 Å². The molecule has 3 aromatic rings. The molecule has 0 radical (unpaired) electrons. The van der Waals surface area contributed by atoms with Crippen LogP contribution in [-0.2, 0) is 19.6 Å². The number of carbonyl (C=O) groups is 3. The fourth-order valence-electron chi connectivity index (χ4n) is 4.38. The van der Waals surface area contributed by atoms with E-state index in [-0.39, 0.29) is 53.5 Å². The van der Waals surface area contributed by atoms with Gasteiger partial charge in [0.2, 0.25) is 10.0 Å². The van der Waals surface area contributed by atoms with Crippen LogP contribution in [0.25, 0.3) is 0 Å². The van der Waals surface area contributed by atoms with Crippen LogP contribution in [0, 0.1) is 5.92 Å². The van der Waals surface area contributed by atoms with E-state index in [1.165, 1.54) is 16.4 Å².